The summed E-state index contributed by atoms with van der Waals surface area (Å²) in [5.41, 5.74) is 0.842. The zero-order valence-electron chi connectivity index (χ0n) is 8.59. The first kappa shape index (κ1) is 12.3. The topological polar surface area (TPSA) is 51.5 Å². The summed E-state index contributed by atoms with van der Waals surface area (Å²) in [5.74, 6) is 0.176. The molecule has 84 valence electrons. The lowest BCUT2D eigenvalue weighted by Gasteiger charge is -2.04. The number of furan rings is 1. The molecule has 0 bridgehead atoms. The standard InChI is InChI=1S/C10H14BrNO3/c1-8-2-5-15-9(8)10(13)12-4-7-14-6-3-11/h2,5H,3-4,6-7H2,1H3,(H,12,13). The van der Waals surface area contributed by atoms with Gasteiger partial charge in [0, 0.05) is 17.4 Å². The molecule has 0 aliphatic rings. The van der Waals surface area contributed by atoms with Crippen molar-refractivity contribution < 1.29 is 13.9 Å². The second-order valence-corrected chi connectivity index (χ2v) is 3.78. The Morgan fingerprint density at radius 2 is 2.40 bits per heavy atom. The van der Waals surface area contributed by atoms with Crippen LogP contribution in [0.5, 0.6) is 0 Å². The lowest BCUT2D eigenvalue weighted by Crippen LogP contribution is -2.27. The van der Waals surface area contributed by atoms with E-state index in [1.54, 1.807) is 6.07 Å². The first-order valence-electron chi connectivity index (χ1n) is 4.71. The molecule has 1 aromatic heterocycles. The number of amides is 1. The van der Waals surface area contributed by atoms with Crippen LogP contribution in [0.2, 0.25) is 0 Å². The number of carbonyl (C=O) groups is 1. The number of rotatable bonds is 6. The van der Waals surface area contributed by atoms with E-state index >= 15 is 0 Å². The maximum absolute atomic E-state index is 11.5. The summed E-state index contributed by atoms with van der Waals surface area (Å²) in [5, 5.41) is 3.52. The van der Waals surface area contributed by atoms with E-state index in [-0.39, 0.29) is 5.91 Å². The van der Waals surface area contributed by atoms with Gasteiger partial charge in [0.05, 0.1) is 19.5 Å². The highest BCUT2D eigenvalue weighted by Crippen LogP contribution is 2.07. The number of carbonyl (C=O) groups excluding carboxylic acids is 1. The molecule has 0 fully saturated rings. The van der Waals surface area contributed by atoms with Crippen LogP contribution in [0.4, 0.5) is 0 Å². The zero-order chi connectivity index (χ0) is 11.1. The van der Waals surface area contributed by atoms with Crippen molar-refractivity contribution >= 4 is 21.8 Å². The Morgan fingerprint density at radius 1 is 1.60 bits per heavy atom. The summed E-state index contributed by atoms with van der Waals surface area (Å²) in [4.78, 5) is 11.5. The van der Waals surface area contributed by atoms with Gasteiger partial charge in [-0.1, -0.05) is 15.9 Å². The van der Waals surface area contributed by atoms with Gasteiger partial charge in [0.15, 0.2) is 5.76 Å². The van der Waals surface area contributed by atoms with Crippen molar-refractivity contribution in [2.24, 2.45) is 0 Å². The molecule has 0 radical (unpaired) electrons. The van der Waals surface area contributed by atoms with Gasteiger partial charge < -0.3 is 14.5 Å². The molecule has 0 aliphatic heterocycles. The molecule has 0 unspecified atom stereocenters. The van der Waals surface area contributed by atoms with Gasteiger partial charge in [0.25, 0.3) is 5.91 Å². The minimum atomic E-state index is -0.194. The third-order valence-electron chi connectivity index (χ3n) is 1.82. The molecular weight excluding hydrogens is 262 g/mol. The largest absolute Gasteiger partial charge is 0.459 e. The fourth-order valence-electron chi connectivity index (χ4n) is 1.08. The zero-order valence-corrected chi connectivity index (χ0v) is 10.2. The van der Waals surface area contributed by atoms with Crippen molar-refractivity contribution in [1.29, 1.82) is 0 Å². The molecule has 0 saturated heterocycles. The summed E-state index contributed by atoms with van der Waals surface area (Å²) >= 11 is 3.24. The smallest absolute Gasteiger partial charge is 0.287 e. The lowest BCUT2D eigenvalue weighted by atomic mass is 10.3. The van der Waals surface area contributed by atoms with Gasteiger partial charge >= 0.3 is 0 Å². The van der Waals surface area contributed by atoms with E-state index in [1.807, 2.05) is 6.92 Å². The Hall–Kier alpha value is -0.810. The van der Waals surface area contributed by atoms with E-state index in [0.717, 1.165) is 10.9 Å². The maximum atomic E-state index is 11.5. The van der Waals surface area contributed by atoms with E-state index in [9.17, 15) is 4.79 Å². The third kappa shape index (κ3) is 4.05. The van der Waals surface area contributed by atoms with Gasteiger partial charge in [-0.15, -0.1) is 0 Å². The first-order valence-corrected chi connectivity index (χ1v) is 5.84. The van der Waals surface area contributed by atoms with E-state index in [0.29, 0.717) is 25.5 Å². The van der Waals surface area contributed by atoms with Crippen LogP contribution in [-0.4, -0.2) is 31.0 Å². The Balaban J connectivity index is 2.22. The molecule has 5 heteroatoms. The number of hydrogen-bond donors (Lipinski definition) is 1. The van der Waals surface area contributed by atoms with Crippen LogP contribution >= 0.6 is 15.9 Å². The van der Waals surface area contributed by atoms with E-state index in [4.69, 9.17) is 9.15 Å². The highest BCUT2D eigenvalue weighted by molar-refractivity contribution is 9.09. The van der Waals surface area contributed by atoms with Crippen LogP contribution in [0, 0.1) is 6.92 Å². The van der Waals surface area contributed by atoms with Crippen molar-refractivity contribution in [3.05, 3.63) is 23.7 Å². The quantitative estimate of drug-likeness (QED) is 0.636. The van der Waals surface area contributed by atoms with Crippen LogP contribution in [0.15, 0.2) is 16.7 Å². The van der Waals surface area contributed by atoms with Crippen molar-refractivity contribution in [3.8, 4) is 0 Å². The molecule has 15 heavy (non-hydrogen) atoms. The van der Waals surface area contributed by atoms with Crippen LogP contribution in [0.1, 0.15) is 16.1 Å². The number of ether oxygens (including phenoxy) is 1. The summed E-state index contributed by atoms with van der Waals surface area (Å²) in [6.45, 7) is 3.48. The van der Waals surface area contributed by atoms with E-state index < -0.39 is 0 Å². The summed E-state index contributed by atoms with van der Waals surface area (Å²) in [6, 6.07) is 1.76. The van der Waals surface area contributed by atoms with Crippen molar-refractivity contribution in [3.63, 3.8) is 0 Å². The molecule has 1 heterocycles. The highest BCUT2D eigenvalue weighted by Gasteiger charge is 2.10. The Bertz CT molecular complexity index is 311. The minimum absolute atomic E-state index is 0.194. The molecule has 0 atom stereocenters. The van der Waals surface area contributed by atoms with Gasteiger partial charge in [-0.2, -0.15) is 0 Å². The predicted octanol–water partition coefficient (Wildman–Crippen LogP) is 1.73. The van der Waals surface area contributed by atoms with Gasteiger partial charge in [0.2, 0.25) is 0 Å². The monoisotopic (exact) mass is 275 g/mol. The normalized spacial score (nSPS) is 10.3. The number of halogens is 1. The fraction of sp³-hybridized carbons (Fsp3) is 0.500. The van der Waals surface area contributed by atoms with E-state index in [1.165, 1.54) is 6.26 Å². The predicted molar refractivity (Wildman–Crippen MR) is 60.4 cm³/mol. The molecule has 1 aromatic rings. The Morgan fingerprint density at radius 3 is 3.00 bits per heavy atom. The SMILES string of the molecule is Cc1ccoc1C(=O)NCCOCCBr. The molecule has 1 rings (SSSR count). The second-order valence-electron chi connectivity index (χ2n) is 2.99. The number of hydrogen-bond acceptors (Lipinski definition) is 3. The third-order valence-corrected chi connectivity index (χ3v) is 2.15. The Kier molecular flexibility index (Phi) is 5.42. The average molecular weight is 276 g/mol. The molecule has 1 amide bonds. The average Bonchev–Trinajstić information content (AvgIpc) is 2.64. The van der Waals surface area contributed by atoms with Crippen molar-refractivity contribution in [2.45, 2.75) is 6.92 Å². The van der Waals surface area contributed by atoms with Crippen LogP contribution in [0.3, 0.4) is 0 Å². The summed E-state index contributed by atoms with van der Waals surface area (Å²) in [6.07, 6.45) is 1.51. The molecule has 0 aromatic carbocycles. The second kappa shape index (κ2) is 6.63. The molecule has 0 spiro atoms. The Labute approximate surface area is 97.1 Å². The van der Waals surface area contributed by atoms with Crippen LogP contribution in [-0.2, 0) is 4.74 Å². The van der Waals surface area contributed by atoms with Gasteiger partial charge in [-0.25, -0.2) is 0 Å². The first-order chi connectivity index (χ1) is 7.25. The van der Waals surface area contributed by atoms with Crippen molar-refractivity contribution in [1.82, 2.24) is 5.32 Å². The minimum Gasteiger partial charge on any atom is -0.459 e. The van der Waals surface area contributed by atoms with Gasteiger partial charge in [0.1, 0.15) is 0 Å². The molecule has 4 nitrogen and oxygen atoms in total. The van der Waals surface area contributed by atoms with Crippen LogP contribution < -0.4 is 5.32 Å². The van der Waals surface area contributed by atoms with E-state index in [2.05, 4.69) is 21.2 Å². The van der Waals surface area contributed by atoms with Gasteiger partial charge in [-0.3, -0.25) is 4.79 Å². The molecular formula is C10H14BrNO3. The lowest BCUT2D eigenvalue weighted by molar-refractivity contribution is 0.0896. The number of aryl methyl sites for hydroxylation is 1. The molecule has 1 N–H and O–H groups in total. The summed E-state index contributed by atoms with van der Waals surface area (Å²) < 4.78 is 10.2. The highest BCUT2D eigenvalue weighted by atomic mass is 79.9. The molecule has 0 saturated carbocycles. The maximum Gasteiger partial charge on any atom is 0.287 e. The number of alkyl halides is 1. The molecule has 0 aliphatic carbocycles. The van der Waals surface area contributed by atoms with Crippen molar-refractivity contribution in [2.75, 3.05) is 25.1 Å². The van der Waals surface area contributed by atoms with Gasteiger partial charge in [-0.05, 0) is 13.0 Å². The number of nitrogens with one attached hydrogen (secondary N) is 1. The summed E-state index contributed by atoms with van der Waals surface area (Å²) in [7, 11) is 0. The van der Waals surface area contributed by atoms with Crippen LogP contribution in [0.25, 0.3) is 0 Å². The fourth-order valence-corrected chi connectivity index (χ4v) is 1.31.